The van der Waals surface area contributed by atoms with Gasteiger partial charge < -0.3 is 4.90 Å². The molecular formula is C16H13Cl3N4O. The Bertz CT molecular complexity index is 919. The molecular weight excluding hydrogens is 371 g/mol. The Kier molecular flexibility index (Phi) is 4.67. The van der Waals surface area contributed by atoms with Crippen LogP contribution in [0.25, 0.3) is 22.6 Å². The van der Waals surface area contributed by atoms with Crippen LogP contribution < -0.4 is 0 Å². The smallest absolute Gasteiger partial charge is 0.242 e. The van der Waals surface area contributed by atoms with Crippen molar-refractivity contribution < 1.29 is 4.79 Å². The van der Waals surface area contributed by atoms with Gasteiger partial charge in [-0.15, -0.1) is 0 Å². The molecule has 2 heterocycles. The highest BCUT2D eigenvalue weighted by Gasteiger charge is 2.19. The molecule has 8 heteroatoms. The zero-order valence-corrected chi connectivity index (χ0v) is 15.2. The summed E-state index contributed by atoms with van der Waals surface area (Å²) >= 11 is 18.2. The standard InChI is InChI=1S/C16H13Cl3N4O/c1-22(2)13(24)8-23-15(9-3-5-10(17)6-4-9)21-14-11(18)7-12(19)20-16(14)23/h3-7H,8H2,1-2H3. The lowest BCUT2D eigenvalue weighted by Crippen LogP contribution is -2.26. The molecule has 0 aliphatic carbocycles. The summed E-state index contributed by atoms with van der Waals surface area (Å²) in [4.78, 5) is 22.6. The zero-order valence-electron chi connectivity index (χ0n) is 12.9. The number of hydrogen-bond acceptors (Lipinski definition) is 3. The van der Waals surface area contributed by atoms with Crippen molar-refractivity contribution in [1.82, 2.24) is 19.4 Å². The summed E-state index contributed by atoms with van der Waals surface area (Å²) in [7, 11) is 3.38. The van der Waals surface area contributed by atoms with E-state index in [0.29, 0.717) is 27.0 Å². The Balaban J connectivity index is 2.25. The SMILES string of the molecule is CN(C)C(=O)Cn1c(-c2ccc(Cl)cc2)nc2c(Cl)cc(Cl)nc21. The molecule has 0 bridgehead atoms. The maximum Gasteiger partial charge on any atom is 0.242 e. The van der Waals surface area contributed by atoms with Crippen molar-refractivity contribution in [2.45, 2.75) is 6.54 Å². The van der Waals surface area contributed by atoms with Crippen LogP contribution in [0.5, 0.6) is 0 Å². The second-order valence-corrected chi connectivity index (χ2v) is 6.65. The third-order valence-corrected chi connectivity index (χ3v) is 4.25. The summed E-state index contributed by atoms with van der Waals surface area (Å²) in [6.07, 6.45) is 0. The number of benzene rings is 1. The molecule has 0 N–H and O–H groups in total. The van der Waals surface area contributed by atoms with Crippen molar-refractivity contribution in [2.75, 3.05) is 14.1 Å². The lowest BCUT2D eigenvalue weighted by molar-refractivity contribution is -0.129. The third kappa shape index (κ3) is 3.20. The number of hydrogen-bond donors (Lipinski definition) is 0. The van der Waals surface area contributed by atoms with E-state index in [4.69, 9.17) is 34.8 Å². The minimum absolute atomic E-state index is 0.0745. The maximum absolute atomic E-state index is 12.2. The van der Waals surface area contributed by atoms with Gasteiger partial charge in [-0.1, -0.05) is 34.8 Å². The number of amides is 1. The van der Waals surface area contributed by atoms with E-state index < -0.39 is 0 Å². The van der Waals surface area contributed by atoms with E-state index in [9.17, 15) is 4.79 Å². The molecule has 0 saturated heterocycles. The first-order valence-electron chi connectivity index (χ1n) is 7.05. The predicted octanol–water partition coefficient (Wildman–Crippen LogP) is 4.15. The first-order valence-corrected chi connectivity index (χ1v) is 8.18. The Labute approximate surface area is 153 Å². The van der Waals surface area contributed by atoms with Gasteiger partial charge in [0.15, 0.2) is 5.65 Å². The van der Waals surface area contributed by atoms with Crippen molar-refractivity contribution in [2.24, 2.45) is 0 Å². The Morgan fingerprint density at radius 3 is 2.42 bits per heavy atom. The number of carbonyl (C=O) groups is 1. The number of nitrogens with zero attached hydrogens (tertiary/aromatic N) is 4. The number of carbonyl (C=O) groups excluding carboxylic acids is 1. The lowest BCUT2D eigenvalue weighted by Gasteiger charge is -2.13. The minimum Gasteiger partial charge on any atom is -0.347 e. The number of halogens is 3. The molecule has 0 unspecified atom stereocenters. The summed E-state index contributed by atoms with van der Waals surface area (Å²) in [6, 6.07) is 8.71. The highest BCUT2D eigenvalue weighted by molar-refractivity contribution is 6.37. The highest BCUT2D eigenvalue weighted by Crippen LogP contribution is 2.30. The summed E-state index contributed by atoms with van der Waals surface area (Å²) in [5, 5.41) is 1.25. The molecule has 0 fully saturated rings. The van der Waals surface area contributed by atoms with Gasteiger partial charge in [0, 0.05) is 24.7 Å². The molecule has 2 aromatic heterocycles. The van der Waals surface area contributed by atoms with E-state index >= 15 is 0 Å². The van der Waals surface area contributed by atoms with Crippen LogP contribution >= 0.6 is 34.8 Å². The van der Waals surface area contributed by atoms with Crippen LogP contribution in [0.3, 0.4) is 0 Å². The molecule has 0 aliphatic heterocycles. The Hall–Kier alpha value is -1.82. The average molecular weight is 384 g/mol. The molecule has 1 aromatic carbocycles. The second-order valence-electron chi connectivity index (χ2n) is 5.42. The maximum atomic E-state index is 12.2. The van der Waals surface area contributed by atoms with E-state index in [0.717, 1.165) is 5.56 Å². The zero-order chi connectivity index (χ0) is 17.4. The van der Waals surface area contributed by atoms with Gasteiger partial charge in [0.1, 0.15) is 23.0 Å². The normalized spacial score (nSPS) is 11.0. The molecule has 3 aromatic rings. The first kappa shape index (κ1) is 17.0. The summed E-state index contributed by atoms with van der Waals surface area (Å²) in [5.41, 5.74) is 1.77. The van der Waals surface area contributed by atoms with Crippen LogP contribution in [0, 0.1) is 0 Å². The second kappa shape index (κ2) is 6.59. The molecule has 0 saturated carbocycles. The van der Waals surface area contributed by atoms with Crippen molar-refractivity contribution in [3.63, 3.8) is 0 Å². The van der Waals surface area contributed by atoms with Crippen LogP contribution in [0.4, 0.5) is 0 Å². The van der Waals surface area contributed by atoms with E-state index in [1.807, 2.05) is 12.1 Å². The quantitative estimate of drug-likeness (QED) is 0.639. The number of rotatable bonds is 3. The van der Waals surface area contributed by atoms with Crippen molar-refractivity contribution >= 4 is 51.9 Å². The number of fused-ring (bicyclic) bond motifs is 1. The Morgan fingerprint density at radius 1 is 1.12 bits per heavy atom. The predicted molar refractivity (Wildman–Crippen MR) is 96.7 cm³/mol. The van der Waals surface area contributed by atoms with Crippen LogP contribution in [0.15, 0.2) is 30.3 Å². The molecule has 1 amide bonds. The monoisotopic (exact) mass is 382 g/mol. The van der Waals surface area contributed by atoms with Crippen molar-refractivity contribution in [3.05, 3.63) is 45.5 Å². The molecule has 124 valence electrons. The van der Waals surface area contributed by atoms with E-state index in [-0.39, 0.29) is 17.6 Å². The fourth-order valence-corrected chi connectivity index (χ4v) is 2.87. The number of imidazole rings is 1. The van der Waals surface area contributed by atoms with Crippen LogP contribution in [0.2, 0.25) is 15.2 Å². The molecule has 24 heavy (non-hydrogen) atoms. The fourth-order valence-electron chi connectivity index (χ4n) is 2.27. The van der Waals surface area contributed by atoms with Gasteiger partial charge >= 0.3 is 0 Å². The largest absolute Gasteiger partial charge is 0.347 e. The van der Waals surface area contributed by atoms with E-state index in [1.54, 1.807) is 30.8 Å². The van der Waals surface area contributed by atoms with Crippen LogP contribution in [0.1, 0.15) is 0 Å². The molecule has 5 nitrogen and oxygen atoms in total. The van der Waals surface area contributed by atoms with Crippen molar-refractivity contribution in [1.29, 1.82) is 0 Å². The first-order chi connectivity index (χ1) is 11.4. The molecule has 3 rings (SSSR count). The van der Waals surface area contributed by atoms with Gasteiger partial charge in [-0.2, -0.15) is 0 Å². The van der Waals surface area contributed by atoms with Gasteiger partial charge in [-0.05, 0) is 30.3 Å². The average Bonchev–Trinajstić information content (AvgIpc) is 2.87. The van der Waals surface area contributed by atoms with Gasteiger partial charge in [0.05, 0.1) is 5.02 Å². The van der Waals surface area contributed by atoms with Gasteiger partial charge in [0.2, 0.25) is 5.91 Å². The number of aromatic nitrogens is 3. The summed E-state index contributed by atoms with van der Waals surface area (Å²) in [5.74, 6) is 0.482. The third-order valence-electron chi connectivity index (χ3n) is 3.52. The molecule has 0 atom stereocenters. The van der Waals surface area contributed by atoms with Crippen molar-refractivity contribution in [3.8, 4) is 11.4 Å². The van der Waals surface area contributed by atoms with Crippen LogP contribution in [-0.2, 0) is 11.3 Å². The van der Waals surface area contributed by atoms with E-state index in [1.165, 1.54) is 11.0 Å². The number of likely N-dealkylation sites (N-methyl/N-ethyl adjacent to an activating group) is 1. The summed E-state index contributed by atoms with van der Waals surface area (Å²) < 4.78 is 1.71. The molecule has 0 spiro atoms. The minimum atomic E-state index is -0.0950. The Morgan fingerprint density at radius 2 is 1.79 bits per heavy atom. The lowest BCUT2D eigenvalue weighted by atomic mass is 10.2. The van der Waals surface area contributed by atoms with Gasteiger partial charge in [-0.3, -0.25) is 9.36 Å². The topological polar surface area (TPSA) is 51.0 Å². The number of pyridine rings is 1. The molecule has 0 radical (unpaired) electrons. The summed E-state index contributed by atoms with van der Waals surface area (Å²) in [6.45, 7) is 0.0745. The highest BCUT2D eigenvalue weighted by atomic mass is 35.5. The van der Waals surface area contributed by atoms with Gasteiger partial charge in [-0.25, -0.2) is 9.97 Å². The van der Waals surface area contributed by atoms with E-state index in [2.05, 4.69) is 9.97 Å². The van der Waals surface area contributed by atoms with Gasteiger partial charge in [0.25, 0.3) is 0 Å². The molecule has 0 aliphatic rings. The van der Waals surface area contributed by atoms with Crippen LogP contribution in [-0.4, -0.2) is 39.4 Å². The fraction of sp³-hybridized carbons (Fsp3) is 0.188.